The van der Waals surface area contributed by atoms with Crippen LogP contribution in [0.1, 0.15) is 6.42 Å². The predicted molar refractivity (Wildman–Crippen MR) is 106 cm³/mol. The minimum absolute atomic E-state index is 0.170. The van der Waals surface area contributed by atoms with Crippen LogP contribution in [0.3, 0.4) is 0 Å². The normalized spacial score (nSPS) is 14.2. The number of rotatable bonds is 6. The Kier molecular flexibility index (Phi) is 6.00. The summed E-state index contributed by atoms with van der Waals surface area (Å²) in [7, 11) is 4.09. The Morgan fingerprint density at radius 2 is 1.62 bits per heavy atom. The number of amides is 1. The monoisotopic (exact) mass is 353 g/mol. The first-order valence-electron chi connectivity index (χ1n) is 9.11. The van der Waals surface area contributed by atoms with Crippen LogP contribution in [0.2, 0.25) is 0 Å². The average Bonchev–Trinajstić information content (AvgIpc) is 2.69. The van der Waals surface area contributed by atoms with Gasteiger partial charge in [0.2, 0.25) is 5.91 Å². The lowest BCUT2D eigenvalue weighted by molar-refractivity contribution is -0.132. The molecule has 5 heteroatoms. The molecule has 0 aliphatic carbocycles. The summed E-state index contributed by atoms with van der Waals surface area (Å²) in [6.07, 6.45) is 0.423. The highest BCUT2D eigenvalue weighted by Gasteiger charge is 2.21. The number of piperazine rings is 1. The van der Waals surface area contributed by atoms with Gasteiger partial charge in [-0.25, -0.2) is 0 Å². The summed E-state index contributed by atoms with van der Waals surface area (Å²) in [5.41, 5.74) is 2.41. The Morgan fingerprint density at radius 1 is 0.962 bits per heavy atom. The number of hydrogen-bond acceptors (Lipinski definition) is 4. The van der Waals surface area contributed by atoms with Crippen LogP contribution in [-0.2, 0) is 4.79 Å². The van der Waals surface area contributed by atoms with Crippen LogP contribution in [0.5, 0.6) is 5.75 Å². The van der Waals surface area contributed by atoms with Crippen LogP contribution in [0.15, 0.2) is 54.6 Å². The molecule has 1 aliphatic heterocycles. The molecule has 0 aromatic heterocycles. The van der Waals surface area contributed by atoms with Crippen LogP contribution < -0.4 is 14.5 Å². The molecular formula is C21H27N3O2. The Hall–Kier alpha value is -2.69. The van der Waals surface area contributed by atoms with Gasteiger partial charge in [-0.1, -0.05) is 18.2 Å². The average molecular weight is 353 g/mol. The number of benzene rings is 2. The lowest BCUT2D eigenvalue weighted by Gasteiger charge is -2.36. The molecule has 1 saturated heterocycles. The molecule has 1 aliphatic rings. The van der Waals surface area contributed by atoms with E-state index < -0.39 is 0 Å². The summed E-state index contributed by atoms with van der Waals surface area (Å²) in [6.45, 7) is 3.69. The highest BCUT2D eigenvalue weighted by atomic mass is 16.5. The van der Waals surface area contributed by atoms with Crippen molar-refractivity contribution in [1.29, 1.82) is 0 Å². The molecule has 138 valence electrons. The third kappa shape index (κ3) is 4.69. The van der Waals surface area contributed by atoms with Crippen LogP contribution in [0.4, 0.5) is 11.4 Å². The van der Waals surface area contributed by atoms with E-state index in [0.29, 0.717) is 13.0 Å². The van der Waals surface area contributed by atoms with Crippen LogP contribution >= 0.6 is 0 Å². The second-order valence-corrected chi connectivity index (χ2v) is 6.69. The molecule has 0 N–H and O–H groups in total. The van der Waals surface area contributed by atoms with E-state index in [2.05, 4.69) is 34.1 Å². The molecule has 5 nitrogen and oxygen atoms in total. The Bertz CT molecular complexity index is 693. The van der Waals surface area contributed by atoms with E-state index in [4.69, 9.17) is 4.74 Å². The third-order valence-electron chi connectivity index (χ3n) is 4.69. The first kappa shape index (κ1) is 18.1. The van der Waals surface area contributed by atoms with E-state index in [1.54, 1.807) is 0 Å². The fraction of sp³-hybridized carbons (Fsp3) is 0.381. The van der Waals surface area contributed by atoms with E-state index in [0.717, 1.165) is 31.9 Å². The predicted octanol–water partition coefficient (Wildman–Crippen LogP) is 2.87. The maximum atomic E-state index is 12.4. The fourth-order valence-electron chi connectivity index (χ4n) is 3.11. The molecule has 0 radical (unpaired) electrons. The first-order valence-corrected chi connectivity index (χ1v) is 9.11. The lowest BCUT2D eigenvalue weighted by Crippen LogP contribution is -2.49. The number of hydrogen-bond donors (Lipinski definition) is 0. The molecule has 0 unspecified atom stereocenters. The molecule has 26 heavy (non-hydrogen) atoms. The van der Waals surface area contributed by atoms with Crippen LogP contribution in [0.25, 0.3) is 0 Å². The van der Waals surface area contributed by atoms with E-state index >= 15 is 0 Å². The second kappa shape index (κ2) is 8.61. The summed E-state index contributed by atoms with van der Waals surface area (Å²) in [4.78, 5) is 18.7. The van der Waals surface area contributed by atoms with Gasteiger partial charge in [0.1, 0.15) is 5.75 Å². The molecule has 3 rings (SSSR count). The largest absolute Gasteiger partial charge is 0.493 e. The Balaban J connectivity index is 1.43. The van der Waals surface area contributed by atoms with Gasteiger partial charge in [0, 0.05) is 51.6 Å². The van der Waals surface area contributed by atoms with E-state index in [9.17, 15) is 4.79 Å². The van der Waals surface area contributed by atoms with Gasteiger partial charge < -0.3 is 19.4 Å². The summed E-state index contributed by atoms with van der Waals surface area (Å²) < 4.78 is 5.63. The van der Waals surface area contributed by atoms with Gasteiger partial charge in [0.25, 0.3) is 0 Å². The zero-order chi connectivity index (χ0) is 18.4. The zero-order valence-corrected chi connectivity index (χ0v) is 15.6. The topological polar surface area (TPSA) is 36.0 Å². The Morgan fingerprint density at radius 3 is 2.23 bits per heavy atom. The molecule has 0 saturated carbocycles. The van der Waals surface area contributed by atoms with Crippen molar-refractivity contribution in [2.45, 2.75) is 6.42 Å². The van der Waals surface area contributed by atoms with Crippen molar-refractivity contribution in [2.24, 2.45) is 0 Å². The molecule has 1 fully saturated rings. The van der Waals surface area contributed by atoms with Crippen molar-refractivity contribution >= 4 is 17.3 Å². The van der Waals surface area contributed by atoms with E-state index in [1.165, 1.54) is 11.4 Å². The van der Waals surface area contributed by atoms with Crippen molar-refractivity contribution < 1.29 is 9.53 Å². The van der Waals surface area contributed by atoms with Gasteiger partial charge >= 0.3 is 0 Å². The number of carbonyl (C=O) groups excluding carboxylic acids is 1. The summed E-state index contributed by atoms with van der Waals surface area (Å²) >= 11 is 0. The third-order valence-corrected chi connectivity index (χ3v) is 4.69. The maximum Gasteiger partial charge on any atom is 0.226 e. The van der Waals surface area contributed by atoms with E-state index in [1.807, 2.05) is 49.3 Å². The molecule has 2 aromatic rings. The SMILES string of the molecule is CN(C)c1ccc(N2CCN(C(=O)CCOc3ccccc3)CC2)cc1. The van der Waals surface area contributed by atoms with Gasteiger partial charge in [0.15, 0.2) is 0 Å². The number of nitrogens with zero attached hydrogens (tertiary/aromatic N) is 3. The molecule has 1 amide bonds. The number of anilines is 2. The smallest absolute Gasteiger partial charge is 0.226 e. The number of carbonyl (C=O) groups is 1. The number of ether oxygens (including phenoxy) is 1. The van der Waals surface area contributed by atoms with Crippen molar-refractivity contribution in [3.05, 3.63) is 54.6 Å². The molecule has 2 aromatic carbocycles. The number of para-hydroxylation sites is 1. The molecule has 1 heterocycles. The van der Waals surface area contributed by atoms with Crippen molar-refractivity contribution in [2.75, 3.05) is 56.7 Å². The second-order valence-electron chi connectivity index (χ2n) is 6.69. The minimum atomic E-state index is 0.170. The molecule has 0 spiro atoms. The fourth-order valence-corrected chi connectivity index (χ4v) is 3.11. The first-order chi connectivity index (χ1) is 12.6. The Labute approximate surface area is 155 Å². The van der Waals surface area contributed by atoms with Gasteiger partial charge in [-0.15, -0.1) is 0 Å². The quantitative estimate of drug-likeness (QED) is 0.800. The highest BCUT2D eigenvalue weighted by Crippen LogP contribution is 2.21. The molecule has 0 bridgehead atoms. The lowest BCUT2D eigenvalue weighted by atomic mass is 10.2. The molecule has 0 atom stereocenters. The van der Waals surface area contributed by atoms with Gasteiger partial charge in [-0.2, -0.15) is 0 Å². The minimum Gasteiger partial charge on any atom is -0.493 e. The van der Waals surface area contributed by atoms with Gasteiger partial charge in [-0.3, -0.25) is 4.79 Å². The summed E-state index contributed by atoms with van der Waals surface area (Å²) in [6, 6.07) is 18.2. The zero-order valence-electron chi connectivity index (χ0n) is 15.6. The summed E-state index contributed by atoms with van der Waals surface area (Å²) in [5.74, 6) is 0.981. The molecular weight excluding hydrogens is 326 g/mol. The maximum absolute atomic E-state index is 12.4. The van der Waals surface area contributed by atoms with Crippen molar-refractivity contribution in [3.63, 3.8) is 0 Å². The standard InChI is InChI=1S/C21H27N3O2/c1-22(2)18-8-10-19(11-9-18)23-13-15-24(16-14-23)21(25)12-17-26-20-6-4-3-5-7-20/h3-11H,12-17H2,1-2H3. The van der Waals surface area contributed by atoms with Gasteiger partial charge in [0.05, 0.1) is 13.0 Å². The van der Waals surface area contributed by atoms with E-state index in [-0.39, 0.29) is 5.91 Å². The highest BCUT2D eigenvalue weighted by molar-refractivity contribution is 5.76. The van der Waals surface area contributed by atoms with Crippen molar-refractivity contribution in [3.8, 4) is 5.75 Å². The van der Waals surface area contributed by atoms with Crippen molar-refractivity contribution in [1.82, 2.24) is 4.90 Å². The van der Waals surface area contributed by atoms with Crippen LogP contribution in [0, 0.1) is 0 Å². The van der Waals surface area contributed by atoms with Crippen LogP contribution in [-0.4, -0.2) is 57.7 Å². The summed E-state index contributed by atoms with van der Waals surface area (Å²) in [5, 5.41) is 0. The van der Waals surface area contributed by atoms with Gasteiger partial charge in [-0.05, 0) is 36.4 Å².